The second-order valence-corrected chi connectivity index (χ2v) is 7.29. The number of quaternary nitrogens is 1. The largest absolute Gasteiger partial charge is 0.373 e. The first-order chi connectivity index (χ1) is 11.7. The maximum atomic E-state index is 12.6. The number of thiophene rings is 1. The van der Waals surface area contributed by atoms with E-state index in [4.69, 9.17) is 11.6 Å². The second kappa shape index (κ2) is 6.51. The van der Waals surface area contributed by atoms with Crippen molar-refractivity contribution in [2.75, 3.05) is 6.54 Å². The monoisotopic (exact) mass is 362 g/mol. The number of tetrazole rings is 1. The summed E-state index contributed by atoms with van der Waals surface area (Å²) >= 11 is 7.94. The minimum atomic E-state index is -0.257. The van der Waals surface area contributed by atoms with Gasteiger partial charge >= 0.3 is 5.69 Å². The molecule has 0 amide bonds. The maximum absolute atomic E-state index is 12.6. The zero-order valence-electron chi connectivity index (χ0n) is 12.9. The fourth-order valence-electron chi connectivity index (χ4n) is 3.27. The highest BCUT2D eigenvalue weighted by Crippen LogP contribution is 2.23. The molecule has 1 N–H and O–H groups in total. The third kappa shape index (κ3) is 2.79. The third-order valence-corrected chi connectivity index (χ3v) is 5.75. The molecule has 8 heteroatoms. The number of hydrogen-bond acceptors (Lipinski definition) is 4. The Bertz CT molecular complexity index is 888. The Labute approximate surface area is 147 Å². The van der Waals surface area contributed by atoms with Crippen molar-refractivity contribution in [2.45, 2.75) is 25.6 Å². The molecule has 0 radical (unpaired) electrons. The molecule has 0 saturated carbocycles. The van der Waals surface area contributed by atoms with Gasteiger partial charge in [0, 0.05) is 12.8 Å². The van der Waals surface area contributed by atoms with Gasteiger partial charge in [0.1, 0.15) is 6.04 Å². The summed E-state index contributed by atoms with van der Waals surface area (Å²) in [7, 11) is 0. The molecule has 3 heterocycles. The highest BCUT2D eigenvalue weighted by molar-refractivity contribution is 7.10. The number of likely N-dealkylation sites (tertiary alicyclic amines) is 1. The molecular formula is C16H17ClN5OS+. The van der Waals surface area contributed by atoms with Crippen LogP contribution in [0.3, 0.4) is 0 Å². The Hall–Kier alpha value is -1.96. The topological polar surface area (TPSA) is 57.1 Å². The molecule has 1 saturated heterocycles. The van der Waals surface area contributed by atoms with Gasteiger partial charge in [-0.25, -0.2) is 4.79 Å². The molecule has 1 aliphatic heterocycles. The summed E-state index contributed by atoms with van der Waals surface area (Å²) in [5.41, 5.74) is 0.300. The molecule has 2 atom stereocenters. The fraction of sp³-hybridized carbons (Fsp3) is 0.312. The normalized spacial score (nSPS) is 20.5. The summed E-state index contributed by atoms with van der Waals surface area (Å²) < 4.78 is 2.70. The molecule has 0 spiro atoms. The number of para-hydroxylation sites is 1. The predicted molar refractivity (Wildman–Crippen MR) is 92.8 cm³/mol. The number of aromatic nitrogens is 4. The van der Waals surface area contributed by atoms with E-state index in [9.17, 15) is 4.79 Å². The Balaban J connectivity index is 1.60. The fourth-order valence-corrected chi connectivity index (χ4v) is 4.41. The van der Waals surface area contributed by atoms with Crippen molar-refractivity contribution in [2.24, 2.45) is 0 Å². The van der Waals surface area contributed by atoms with E-state index in [1.165, 1.54) is 19.1 Å². The van der Waals surface area contributed by atoms with E-state index in [0.29, 0.717) is 23.4 Å². The summed E-state index contributed by atoms with van der Waals surface area (Å²) in [5.74, 6) is 0. The number of nitrogens with one attached hydrogen (secondary N) is 1. The SMILES string of the molecule is O=c1n(C[NH+]2CCC[C@@H]2c2cccs2)nnn1-c1ccccc1Cl. The lowest BCUT2D eigenvalue weighted by atomic mass is 10.2. The van der Waals surface area contributed by atoms with Crippen LogP contribution >= 0.6 is 22.9 Å². The van der Waals surface area contributed by atoms with E-state index in [1.807, 2.05) is 12.1 Å². The van der Waals surface area contributed by atoms with Crippen molar-refractivity contribution < 1.29 is 4.90 Å². The summed E-state index contributed by atoms with van der Waals surface area (Å²) in [6, 6.07) is 11.8. The highest BCUT2D eigenvalue weighted by atomic mass is 35.5. The molecule has 124 valence electrons. The molecule has 1 unspecified atom stereocenters. The summed E-state index contributed by atoms with van der Waals surface area (Å²) in [4.78, 5) is 15.4. The van der Waals surface area contributed by atoms with Gasteiger partial charge in [-0.3, -0.25) is 0 Å². The Morgan fingerprint density at radius 1 is 1.25 bits per heavy atom. The van der Waals surface area contributed by atoms with Gasteiger partial charge in [-0.2, -0.15) is 4.68 Å². The average molecular weight is 363 g/mol. The smallest absolute Gasteiger partial charge is 0.309 e. The molecule has 4 rings (SSSR count). The van der Waals surface area contributed by atoms with Gasteiger partial charge in [-0.1, -0.05) is 29.8 Å². The van der Waals surface area contributed by atoms with E-state index in [-0.39, 0.29) is 5.69 Å². The summed E-state index contributed by atoms with van der Waals surface area (Å²) in [6.07, 6.45) is 2.30. The van der Waals surface area contributed by atoms with Crippen LogP contribution in [0.4, 0.5) is 0 Å². The molecule has 1 aromatic carbocycles. The number of rotatable bonds is 4. The quantitative estimate of drug-likeness (QED) is 0.765. The first-order valence-corrected chi connectivity index (χ1v) is 9.15. The molecule has 6 nitrogen and oxygen atoms in total. The van der Waals surface area contributed by atoms with Crippen LogP contribution in [-0.2, 0) is 6.67 Å². The van der Waals surface area contributed by atoms with E-state index in [0.717, 1.165) is 19.4 Å². The standard InChI is InChI=1S/C16H16ClN5OS/c17-12-5-1-2-6-13(12)22-16(23)21(18-19-22)11-20-9-3-7-14(20)15-8-4-10-24-15/h1-2,4-6,8,10,14H,3,7,9,11H2/p+1/t14-/m1/s1. The Morgan fingerprint density at radius 3 is 2.92 bits per heavy atom. The van der Waals surface area contributed by atoms with Crippen LogP contribution in [0.2, 0.25) is 5.02 Å². The highest BCUT2D eigenvalue weighted by Gasteiger charge is 2.31. The van der Waals surface area contributed by atoms with Crippen LogP contribution in [0, 0.1) is 0 Å². The second-order valence-electron chi connectivity index (χ2n) is 5.90. The molecular weight excluding hydrogens is 346 g/mol. The predicted octanol–water partition coefficient (Wildman–Crippen LogP) is 1.52. The number of nitrogens with zero attached hydrogens (tertiary/aromatic N) is 4. The molecule has 1 aliphatic rings. The van der Waals surface area contributed by atoms with Crippen LogP contribution in [0.5, 0.6) is 0 Å². The first-order valence-electron chi connectivity index (χ1n) is 7.90. The Kier molecular flexibility index (Phi) is 4.22. The van der Waals surface area contributed by atoms with Crippen molar-refractivity contribution >= 4 is 22.9 Å². The number of benzene rings is 1. The van der Waals surface area contributed by atoms with Crippen molar-refractivity contribution in [3.8, 4) is 5.69 Å². The minimum Gasteiger partial charge on any atom is -0.309 e. The summed E-state index contributed by atoms with van der Waals surface area (Å²) in [5, 5.41) is 10.6. The lowest BCUT2D eigenvalue weighted by Gasteiger charge is -2.19. The third-order valence-electron chi connectivity index (χ3n) is 4.44. The van der Waals surface area contributed by atoms with Gasteiger partial charge in [-0.05, 0) is 34.0 Å². The van der Waals surface area contributed by atoms with Crippen LogP contribution in [0.1, 0.15) is 23.8 Å². The van der Waals surface area contributed by atoms with Crippen molar-refractivity contribution in [3.63, 3.8) is 0 Å². The van der Waals surface area contributed by atoms with Gasteiger partial charge in [-0.15, -0.1) is 16.0 Å². The molecule has 2 aromatic heterocycles. The van der Waals surface area contributed by atoms with Crippen LogP contribution in [0.25, 0.3) is 5.69 Å². The average Bonchev–Trinajstić information content (AvgIpc) is 3.31. The van der Waals surface area contributed by atoms with Crippen LogP contribution < -0.4 is 10.6 Å². The van der Waals surface area contributed by atoms with Crippen molar-refractivity contribution in [1.82, 2.24) is 19.8 Å². The molecule has 3 aromatic rings. The van der Waals surface area contributed by atoms with E-state index in [1.54, 1.807) is 23.5 Å². The van der Waals surface area contributed by atoms with E-state index < -0.39 is 0 Å². The molecule has 0 bridgehead atoms. The molecule has 0 aliphatic carbocycles. The zero-order chi connectivity index (χ0) is 16.5. The van der Waals surface area contributed by atoms with Crippen molar-refractivity contribution in [1.29, 1.82) is 0 Å². The van der Waals surface area contributed by atoms with Crippen LogP contribution in [-0.4, -0.2) is 26.3 Å². The van der Waals surface area contributed by atoms with E-state index in [2.05, 4.69) is 27.9 Å². The Morgan fingerprint density at radius 2 is 2.12 bits per heavy atom. The van der Waals surface area contributed by atoms with Gasteiger partial charge in [0.15, 0.2) is 6.67 Å². The zero-order valence-corrected chi connectivity index (χ0v) is 14.5. The van der Waals surface area contributed by atoms with E-state index >= 15 is 0 Å². The first kappa shape index (κ1) is 15.6. The van der Waals surface area contributed by atoms with Crippen molar-refractivity contribution in [3.05, 3.63) is 62.2 Å². The molecule has 1 fully saturated rings. The summed E-state index contributed by atoms with van der Waals surface area (Å²) in [6.45, 7) is 1.56. The number of hydrogen-bond donors (Lipinski definition) is 1. The number of halogens is 1. The molecule has 24 heavy (non-hydrogen) atoms. The lowest BCUT2D eigenvalue weighted by molar-refractivity contribution is -0.941. The maximum Gasteiger partial charge on any atom is 0.373 e. The van der Waals surface area contributed by atoms with Gasteiger partial charge in [0.25, 0.3) is 0 Å². The van der Waals surface area contributed by atoms with Gasteiger partial charge in [0.2, 0.25) is 0 Å². The minimum absolute atomic E-state index is 0.257. The van der Waals surface area contributed by atoms with Crippen LogP contribution in [0.15, 0.2) is 46.6 Å². The van der Waals surface area contributed by atoms with Gasteiger partial charge < -0.3 is 4.90 Å². The lowest BCUT2D eigenvalue weighted by Crippen LogP contribution is -3.09. The van der Waals surface area contributed by atoms with Gasteiger partial charge in [0.05, 0.1) is 22.1 Å².